The molecule has 1 amide bonds. The zero-order valence-electron chi connectivity index (χ0n) is 9.12. The summed E-state index contributed by atoms with van der Waals surface area (Å²) in [6.45, 7) is -5.54. The van der Waals surface area contributed by atoms with Crippen molar-refractivity contribution in [3.05, 3.63) is 35.4 Å². The number of benzene rings is 1. The highest BCUT2D eigenvalue weighted by molar-refractivity contribution is 6.93. The Labute approximate surface area is 101 Å². The first kappa shape index (κ1) is 13.8. The topological polar surface area (TPSA) is 46.2 Å². The predicted octanol–water partition coefficient (Wildman–Crippen LogP) is 1.62. The maximum atomic E-state index is 12.2. The number of hydrogen-bond acceptors (Lipinski definition) is 2. The molecule has 0 aliphatic rings. The molecule has 0 aromatic heterocycles. The average molecular weight is 254 g/mol. The first-order valence-corrected chi connectivity index (χ1v) is 4.92. The Morgan fingerprint density at radius 3 is 2.11 bits per heavy atom. The smallest absolute Gasteiger partial charge is 0.443 e. The van der Waals surface area contributed by atoms with Gasteiger partial charge in [-0.15, -0.1) is 6.42 Å². The number of carbonyl (C=O) groups excluding carboxylic acids is 2. The van der Waals surface area contributed by atoms with Gasteiger partial charge in [0, 0.05) is 5.56 Å². The van der Waals surface area contributed by atoms with Crippen LogP contribution in [0.2, 0.25) is 0 Å². The van der Waals surface area contributed by atoms with Crippen LogP contribution in [0.3, 0.4) is 0 Å². The third-order valence-corrected chi connectivity index (χ3v) is 2.08. The van der Waals surface area contributed by atoms with Crippen molar-refractivity contribution in [2.75, 3.05) is 6.54 Å². The Kier molecular flexibility index (Phi) is 4.16. The Balaban J connectivity index is 2.84. The van der Waals surface area contributed by atoms with Crippen molar-refractivity contribution in [1.29, 1.82) is 0 Å². The van der Waals surface area contributed by atoms with E-state index in [9.17, 15) is 22.5 Å². The summed E-state index contributed by atoms with van der Waals surface area (Å²) in [5, 5.41) is 2.35. The quantitative estimate of drug-likeness (QED) is 0.655. The number of nitrogens with one attached hydrogen (secondary N) is 1. The van der Waals surface area contributed by atoms with Gasteiger partial charge in [0.15, 0.2) is 0 Å². The van der Waals surface area contributed by atoms with Gasteiger partial charge in [0.05, 0.1) is 6.54 Å². The molecule has 0 saturated heterocycles. The van der Waals surface area contributed by atoms with E-state index in [-0.39, 0.29) is 12.1 Å². The molecule has 0 spiro atoms. The molecule has 7 heteroatoms. The molecule has 94 valence electrons. The highest BCUT2D eigenvalue weighted by Crippen LogP contribution is 2.16. The Bertz CT molecular complexity index is 503. The normalized spacial score (nSPS) is 10.6. The third-order valence-electron chi connectivity index (χ3n) is 2.08. The highest BCUT2D eigenvalue weighted by atomic mass is 19.4. The second kappa shape index (κ2) is 5.40. The fourth-order valence-electron chi connectivity index (χ4n) is 1.21. The molecule has 0 radical (unpaired) electrons. The van der Waals surface area contributed by atoms with Crippen molar-refractivity contribution in [2.45, 2.75) is 0 Å². The summed E-state index contributed by atoms with van der Waals surface area (Å²) in [5.74, 6) is 1.68. The van der Waals surface area contributed by atoms with Crippen LogP contribution in [0.1, 0.15) is 20.7 Å². The van der Waals surface area contributed by atoms with Crippen LogP contribution in [0.15, 0.2) is 24.3 Å². The average Bonchev–Trinajstić information content (AvgIpc) is 2.34. The zero-order valence-corrected chi connectivity index (χ0v) is 9.12. The van der Waals surface area contributed by atoms with Crippen molar-refractivity contribution in [2.24, 2.45) is 0 Å². The Morgan fingerprint density at radius 2 is 1.67 bits per heavy atom. The van der Waals surface area contributed by atoms with Gasteiger partial charge in [0.2, 0.25) is 0 Å². The number of terminal acetylenes is 1. The number of carbonyl (C=O) groups is 2. The van der Waals surface area contributed by atoms with Crippen LogP contribution in [0.25, 0.3) is 0 Å². The molecule has 0 saturated carbocycles. The van der Waals surface area contributed by atoms with Gasteiger partial charge in [0.25, 0.3) is 5.91 Å². The van der Waals surface area contributed by atoms with E-state index < -0.39 is 24.1 Å². The summed E-state index contributed by atoms with van der Waals surface area (Å²) >= 11 is 0. The van der Waals surface area contributed by atoms with Crippen molar-refractivity contribution >= 4 is 18.6 Å². The van der Waals surface area contributed by atoms with E-state index in [0.717, 1.165) is 24.3 Å². The molecule has 0 atom stereocenters. The molecule has 0 heterocycles. The lowest BCUT2D eigenvalue weighted by Crippen LogP contribution is -2.29. The fourth-order valence-corrected chi connectivity index (χ4v) is 1.21. The number of hydrogen-bond donors (Lipinski definition) is 1. The van der Waals surface area contributed by atoms with Gasteiger partial charge in [-0.05, 0) is 17.7 Å². The monoisotopic (exact) mass is 254 g/mol. The molecule has 0 fully saturated rings. The van der Waals surface area contributed by atoms with E-state index in [4.69, 9.17) is 6.42 Å². The standard InChI is InChI=1S/C11H8BF3NO2/c1-2-7-16-11(18)9-5-3-8(4-6-9)10(17)12(13,14)15/h1,3-6H,7H2,(H,16,18)/q-1. The second-order valence-corrected chi connectivity index (χ2v) is 3.40. The molecule has 1 aromatic rings. The molecule has 1 N–H and O–H groups in total. The van der Waals surface area contributed by atoms with E-state index in [1.807, 2.05) is 0 Å². The highest BCUT2D eigenvalue weighted by Gasteiger charge is 2.33. The molecule has 18 heavy (non-hydrogen) atoms. The van der Waals surface area contributed by atoms with E-state index in [1.165, 1.54) is 0 Å². The van der Waals surface area contributed by atoms with Crippen molar-refractivity contribution in [1.82, 2.24) is 5.32 Å². The molecule has 0 aliphatic heterocycles. The molecular formula is C11H8BF3NO2-. The SMILES string of the molecule is C#CCNC(=O)c1ccc(C(=O)[B-](F)(F)F)cc1. The lowest BCUT2D eigenvalue weighted by molar-refractivity contribution is 0.0957. The molecular weight excluding hydrogens is 246 g/mol. The van der Waals surface area contributed by atoms with Crippen LogP contribution in [0, 0.1) is 12.3 Å². The van der Waals surface area contributed by atoms with Gasteiger partial charge in [-0.2, -0.15) is 0 Å². The minimum absolute atomic E-state index is 0.0190. The Morgan fingerprint density at radius 1 is 1.17 bits per heavy atom. The first-order chi connectivity index (χ1) is 8.36. The van der Waals surface area contributed by atoms with Gasteiger partial charge < -0.3 is 23.1 Å². The number of rotatable bonds is 4. The van der Waals surface area contributed by atoms with E-state index in [0.29, 0.717) is 0 Å². The van der Waals surface area contributed by atoms with Crippen molar-refractivity contribution in [3.8, 4) is 12.3 Å². The van der Waals surface area contributed by atoms with Gasteiger partial charge in [-0.3, -0.25) is 4.79 Å². The maximum Gasteiger partial charge on any atom is 0.549 e. The van der Waals surface area contributed by atoms with Crippen molar-refractivity contribution < 1.29 is 22.5 Å². The largest absolute Gasteiger partial charge is 0.549 e. The molecule has 0 bridgehead atoms. The van der Waals surface area contributed by atoms with Gasteiger partial charge in [-0.25, -0.2) is 0 Å². The van der Waals surface area contributed by atoms with Crippen LogP contribution < -0.4 is 5.32 Å². The third kappa shape index (κ3) is 3.38. The maximum absolute atomic E-state index is 12.2. The number of halogens is 3. The Hall–Kier alpha value is -2.23. The van der Waals surface area contributed by atoms with E-state index in [1.54, 1.807) is 0 Å². The summed E-state index contributed by atoms with van der Waals surface area (Å²) in [5.41, 5.74) is -2.24. The van der Waals surface area contributed by atoms with E-state index in [2.05, 4.69) is 11.2 Å². The lowest BCUT2D eigenvalue weighted by Gasteiger charge is -2.12. The first-order valence-electron chi connectivity index (χ1n) is 4.92. The van der Waals surface area contributed by atoms with E-state index >= 15 is 0 Å². The summed E-state index contributed by atoms with van der Waals surface area (Å²) in [6, 6.07) is 4.20. The minimum Gasteiger partial charge on any atom is -0.443 e. The summed E-state index contributed by atoms with van der Waals surface area (Å²) in [7, 11) is 0. The molecule has 0 unspecified atom stereocenters. The molecule has 1 aromatic carbocycles. The minimum atomic E-state index is -5.56. The molecule has 3 nitrogen and oxygen atoms in total. The van der Waals surface area contributed by atoms with Gasteiger partial charge in [-0.1, -0.05) is 18.1 Å². The van der Waals surface area contributed by atoms with Gasteiger partial charge in [0.1, 0.15) is 5.68 Å². The second-order valence-electron chi connectivity index (χ2n) is 3.40. The summed E-state index contributed by atoms with van der Waals surface area (Å²) in [4.78, 5) is 22.3. The molecule has 1 rings (SSSR count). The van der Waals surface area contributed by atoms with Crippen molar-refractivity contribution in [3.63, 3.8) is 0 Å². The fraction of sp³-hybridized carbons (Fsp3) is 0.0909. The van der Waals surface area contributed by atoms with Gasteiger partial charge >= 0.3 is 6.98 Å². The van der Waals surface area contributed by atoms with Crippen LogP contribution >= 0.6 is 0 Å². The predicted molar refractivity (Wildman–Crippen MR) is 61.0 cm³/mol. The summed E-state index contributed by atoms with van der Waals surface area (Å²) in [6.07, 6.45) is 4.93. The molecule has 0 aliphatic carbocycles. The van der Waals surface area contributed by atoms with Crippen LogP contribution in [-0.4, -0.2) is 25.1 Å². The summed E-state index contributed by atoms with van der Waals surface area (Å²) < 4.78 is 36.5. The zero-order chi connectivity index (χ0) is 13.8. The van der Waals surface area contributed by atoms with Crippen LogP contribution in [-0.2, 0) is 0 Å². The van der Waals surface area contributed by atoms with Crippen LogP contribution in [0.5, 0.6) is 0 Å². The van der Waals surface area contributed by atoms with Crippen LogP contribution in [0.4, 0.5) is 12.9 Å². The lowest BCUT2D eigenvalue weighted by atomic mass is 9.80. The number of amides is 1.